The van der Waals surface area contributed by atoms with Crippen molar-refractivity contribution in [2.75, 3.05) is 19.6 Å². The maximum absolute atomic E-state index is 13.0. The Morgan fingerprint density at radius 3 is 2.21 bits per heavy atom. The van der Waals surface area contributed by atoms with Gasteiger partial charge in [0.15, 0.2) is 0 Å². The van der Waals surface area contributed by atoms with Gasteiger partial charge in [0.25, 0.3) is 5.91 Å². The maximum atomic E-state index is 13.0. The van der Waals surface area contributed by atoms with E-state index in [0.29, 0.717) is 24.2 Å². The summed E-state index contributed by atoms with van der Waals surface area (Å²) in [5.41, 5.74) is 2.78. The van der Waals surface area contributed by atoms with Crippen molar-refractivity contribution < 1.29 is 14.4 Å². The second-order valence-corrected chi connectivity index (χ2v) is 6.86. The molecule has 2 heterocycles. The maximum Gasteiger partial charge on any atom is 0.258 e. The van der Waals surface area contributed by atoms with Crippen LogP contribution in [-0.2, 0) is 16.0 Å². The Balaban J connectivity index is 1.46. The molecule has 0 atom stereocenters. The Bertz CT molecular complexity index is 1010. The Morgan fingerprint density at radius 1 is 0.931 bits per heavy atom. The van der Waals surface area contributed by atoms with E-state index in [1.807, 2.05) is 60.7 Å². The van der Waals surface area contributed by atoms with Gasteiger partial charge in [0.05, 0.1) is 17.5 Å². The van der Waals surface area contributed by atoms with E-state index < -0.39 is 0 Å². The van der Waals surface area contributed by atoms with Crippen molar-refractivity contribution in [1.82, 2.24) is 20.0 Å². The largest absolute Gasteiger partial charge is 0.320 e. The third kappa shape index (κ3) is 3.94. The van der Waals surface area contributed by atoms with Crippen LogP contribution in [0, 0.1) is 0 Å². The van der Waals surface area contributed by atoms with Gasteiger partial charge >= 0.3 is 0 Å². The Morgan fingerprint density at radius 2 is 1.55 bits per heavy atom. The predicted molar refractivity (Wildman–Crippen MR) is 107 cm³/mol. The van der Waals surface area contributed by atoms with Crippen LogP contribution in [0.4, 0.5) is 0 Å². The average molecular weight is 388 g/mol. The average Bonchev–Trinajstić information content (AvgIpc) is 3.24. The lowest BCUT2D eigenvalue weighted by atomic mass is 10.1. The molecule has 0 aliphatic carbocycles. The zero-order valence-electron chi connectivity index (χ0n) is 15.7. The summed E-state index contributed by atoms with van der Waals surface area (Å²) in [4.78, 5) is 40.6. The minimum Gasteiger partial charge on any atom is -0.320 e. The summed E-state index contributed by atoms with van der Waals surface area (Å²) in [5, 5.41) is 6.81. The van der Waals surface area contributed by atoms with Gasteiger partial charge in [-0.05, 0) is 12.0 Å². The molecule has 1 fully saturated rings. The number of benzene rings is 2. The molecule has 0 radical (unpaired) electrons. The van der Waals surface area contributed by atoms with E-state index in [9.17, 15) is 14.4 Å². The van der Waals surface area contributed by atoms with Gasteiger partial charge in [0.2, 0.25) is 11.8 Å². The van der Waals surface area contributed by atoms with Crippen molar-refractivity contribution in [3.05, 3.63) is 78.0 Å². The fourth-order valence-electron chi connectivity index (χ4n) is 3.41. The predicted octanol–water partition coefficient (Wildman–Crippen LogP) is 2.13. The number of imide groups is 1. The van der Waals surface area contributed by atoms with Crippen molar-refractivity contribution in [3.8, 4) is 11.3 Å². The molecule has 0 unspecified atom stereocenters. The molecular weight excluding hydrogens is 368 g/mol. The molecule has 7 heteroatoms. The number of carbonyl (C=O) groups excluding carboxylic acids is 3. The van der Waals surface area contributed by atoms with Crippen LogP contribution in [0.2, 0.25) is 0 Å². The zero-order chi connectivity index (χ0) is 20.2. The minimum atomic E-state index is -0.387. The van der Waals surface area contributed by atoms with E-state index in [-0.39, 0.29) is 30.8 Å². The van der Waals surface area contributed by atoms with Crippen LogP contribution < -0.4 is 0 Å². The minimum absolute atomic E-state index is 0.126. The second kappa shape index (κ2) is 8.10. The monoisotopic (exact) mass is 388 g/mol. The molecule has 146 valence electrons. The number of aromatic nitrogens is 2. The van der Waals surface area contributed by atoms with E-state index in [2.05, 4.69) is 10.2 Å². The van der Waals surface area contributed by atoms with Gasteiger partial charge in [0, 0.05) is 12.1 Å². The first-order valence-electron chi connectivity index (χ1n) is 9.38. The van der Waals surface area contributed by atoms with Crippen LogP contribution in [0.5, 0.6) is 0 Å². The van der Waals surface area contributed by atoms with Crippen molar-refractivity contribution in [2.45, 2.75) is 6.42 Å². The number of H-pyrrole nitrogens is 1. The van der Waals surface area contributed by atoms with Crippen molar-refractivity contribution in [3.63, 3.8) is 0 Å². The highest BCUT2D eigenvalue weighted by Crippen LogP contribution is 2.22. The molecule has 7 nitrogen and oxygen atoms in total. The Labute approximate surface area is 167 Å². The fraction of sp³-hybridized carbons (Fsp3) is 0.182. The van der Waals surface area contributed by atoms with Crippen molar-refractivity contribution in [1.29, 1.82) is 0 Å². The SMILES string of the molecule is O=C(c1cn[nH]c1-c1ccccc1)N1CC(=O)N(CCc2ccccc2)C(=O)C1. The van der Waals surface area contributed by atoms with E-state index in [1.54, 1.807) is 0 Å². The molecule has 29 heavy (non-hydrogen) atoms. The summed E-state index contributed by atoms with van der Waals surface area (Å²) in [6, 6.07) is 19.0. The summed E-state index contributed by atoms with van der Waals surface area (Å²) >= 11 is 0. The normalized spacial score (nSPS) is 14.3. The highest BCUT2D eigenvalue weighted by molar-refractivity contribution is 6.07. The molecule has 1 N–H and O–H groups in total. The molecule has 2 aromatic carbocycles. The van der Waals surface area contributed by atoms with E-state index in [0.717, 1.165) is 11.1 Å². The van der Waals surface area contributed by atoms with Gasteiger partial charge in [-0.1, -0.05) is 60.7 Å². The van der Waals surface area contributed by atoms with Gasteiger partial charge in [0.1, 0.15) is 13.1 Å². The van der Waals surface area contributed by atoms with Crippen molar-refractivity contribution in [2.24, 2.45) is 0 Å². The number of nitrogens with zero attached hydrogens (tertiary/aromatic N) is 3. The first-order valence-corrected chi connectivity index (χ1v) is 9.38. The number of amides is 3. The zero-order valence-corrected chi connectivity index (χ0v) is 15.7. The third-order valence-electron chi connectivity index (χ3n) is 4.94. The first-order chi connectivity index (χ1) is 14.1. The molecule has 1 aromatic heterocycles. The fourth-order valence-corrected chi connectivity index (χ4v) is 3.41. The molecule has 3 amide bonds. The molecule has 1 saturated heterocycles. The number of rotatable bonds is 5. The topological polar surface area (TPSA) is 86.4 Å². The van der Waals surface area contributed by atoms with E-state index in [4.69, 9.17) is 0 Å². The molecule has 0 bridgehead atoms. The van der Waals surface area contributed by atoms with Crippen LogP contribution in [-0.4, -0.2) is 57.4 Å². The van der Waals surface area contributed by atoms with Gasteiger partial charge < -0.3 is 4.90 Å². The number of aromatic amines is 1. The molecule has 1 aliphatic heterocycles. The summed E-state index contributed by atoms with van der Waals surface area (Å²) in [7, 11) is 0. The van der Waals surface area contributed by atoms with Crippen molar-refractivity contribution >= 4 is 17.7 Å². The van der Waals surface area contributed by atoms with Gasteiger partial charge in [-0.3, -0.25) is 24.4 Å². The van der Waals surface area contributed by atoms with Crippen LogP contribution in [0.25, 0.3) is 11.3 Å². The lowest BCUT2D eigenvalue weighted by molar-refractivity contribution is -0.150. The molecular formula is C22H20N4O3. The summed E-state index contributed by atoms with van der Waals surface area (Å²) < 4.78 is 0. The van der Waals surface area contributed by atoms with Crippen LogP contribution >= 0.6 is 0 Å². The van der Waals surface area contributed by atoms with Gasteiger partial charge in [-0.25, -0.2) is 0 Å². The number of hydrogen-bond acceptors (Lipinski definition) is 4. The molecule has 4 rings (SSSR count). The standard InChI is InChI=1S/C22H20N4O3/c27-19-14-25(15-20(28)26(19)12-11-16-7-3-1-4-8-16)22(29)18-13-23-24-21(18)17-9-5-2-6-10-17/h1-10,13H,11-12,14-15H2,(H,23,24). The van der Waals surface area contributed by atoms with Crippen LogP contribution in [0.1, 0.15) is 15.9 Å². The van der Waals surface area contributed by atoms with Gasteiger partial charge in [-0.2, -0.15) is 5.10 Å². The number of carbonyl (C=O) groups is 3. The van der Waals surface area contributed by atoms with Gasteiger partial charge in [-0.15, -0.1) is 0 Å². The quantitative estimate of drug-likeness (QED) is 0.679. The highest BCUT2D eigenvalue weighted by Gasteiger charge is 2.34. The summed E-state index contributed by atoms with van der Waals surface area (Å²) in [6.07, 6.45) is 2.02. The number of hydrogen-bond donors (Lipinski definition) is 1. The molecule has 1 aliphatic rings. The highest BCUT2D eigenvalue weighted by atomic mass is 16.2. The lowest BCUT2D eigenvalue weighted by Gasteiger charge is -2.32. The third-order valence-corrected chi connectivity index (χ3v) is 4.94. The smallest absolute Gasteiger partial charge is 0.258 e. The first kappa shape index (κ1) is 18.6. The Hall–Kier alpha value is -3.74. The summed E-state index contributed by atoms with van der Waals surface area (Å²) in [6.45, 7) is 0.0578. The van der Waals surface area contributed by atoms with E-state index in [1.165, 1.54) is 16.0 Å². The van der Waals surface area contributed by atoms with Crippen LogP contribution in [0.3, 0.4) is 0 Å². The number of piperazine rings is 1. The number of nitrogens with one attached hydrogen (secondary N) is 1. The van der Waals surface area contributed by atoms with E-state index >= 15 is 0 Å². The Kier molecular flexibility index (Phi) is 5.20. The van der Waals surface area contributed by atoms with Crippen LogP contribution in [0.15, 0.2) is 66.9 Å². The second-order valence-electron chi connectivity index (χ2n) is 6.86. The summed E-state index contributed by atoms with van der Waals surface area (Å²) in [5.74, 6) is -1.12. The molecule has 3 aromatic rings. The lowest BCUT2D eigenvalue weighted by Crippen LogP contribution is -2.56. The molecule has 0 spiro atoms. The molecule has 0 saturated carbocycles.